The van der Waals surface area contributed by atoms with Crippen molar-refractivity contribution in [3.8, 4) is 11.1 Å². The lowest BCUT2D eigenvalue weighted by Gasteiger charge is -2.19. The molecule has 0 radical (unpaired) electrons. The van der Waals surface area contributed by atoms with E-state index < -0.39 is 15.7 Å². The molecule has 4 rings (SSSR count). The smallest absolute Gasteiger partial charge is 0.271 e. The van der Waals surface area contributed by atoms with E-state index in [0.717, 1.165) is 16.7 Å². The standard InChI is InChI=1S/C24H22N4O3S/c1-15(16-6-4-3-5-7-16)26-22-20-13-10-18(14-21(20)27-28-23(22)24(25)29)17-8-11-19(12-9-17)32(2,30)31/h3-15H,1-2H3,(H2,25,29)(H,26,27)/t15-/m1/s1. The third kappa shape index (κ3) is 4.31. The second kappa shape index (κ2) is 8.39. The molecule has 7 nitrogen and oxygen atoms in total. The van der Waals surface area contributed by atoms with Gasteiger partial charge in [0.05, 0.1) is 16.1 Å². The Morgan fingerprint density at radius 2 is 1.59 bits per heavy atom. The van der Waals surface area contributed by atoms with Crippen LogP contribution in [0, 0.1) is 0 Å². The van der Waals surface area contributed by atoms with Crippen molar-refractivity contribution in [3.05, 3.63) is 84.1 Å². The van der Waals surface area contributed by atoms with E-state index in [2.05, 4.69) is 15.5 Å². The zero-order valence-corrected chi connectivity index (χ0v) is 18.4. The Morgan fingerprint density at radius 1 is 0.938 bits per heavy atom. The quantitative estimate of drug-likeness (QED) is 0.463. The second-order valence-electron chi connectivity index (χ2n) is 7.59. The summed E-state index contributed by atoms with van der Waals surface area (Å²) in [7, 11) is -3.26. The lowest BCUT2D eigenvalue weighted by atomic mass is 10.0. The fourth-order valence-electron chi connectivity index (χ4n) is 3.54. The third-order valence-corrected chi connectivity index (χ3v) is 6.40. The number of sulfone groups is 1. The summed E-state index contributed by atoms with van der Waals surface area (Å²) < 4.78 is 23.4. The van der Waals surface area contributed by atoms with Crippen LogP contribution in [0.4, 0.5) is 5.69 Å². The highest BCUT2D eigenvalue weighted by atomic mass is 32.2. The summed E-state index contributed by atoms with van der Waals surface area (Å²) in [5.74, 6) is -0.664. The average Bonchev–Trinajstić information content (AvgIpc) is 2.78. The summed E-state index contributed by atoms with van der Waals surface area (Å²) in [4.78, 5) is 12.3. The van der Waals surface area contributed by atoms with Crippen molar-refractivity contribution < 1.29 is 13.2 Å². The molecule has 1 amide bonds. The first-order valence-corrected chi connectivity index (χ1v) is 11.9. The Labute approximate surface area is 186 Å². The van der Waals surface area contributed by atoms with Gasteiger partial charge in [0.1, 0.15) is 0 Å². The first kappa shape index (κ1) is 21.5. The predicted octanol–water partition coefficient (Wildman–Crippen LogP) is 3.97. The van der Waals surface area contributed by atoms with Crippen LogP contribution in [0.15, 0.2) is 77.7 Å². The van der Waals surface area contributed by atoms with Gasteiger partial charge in [-0.05, 0) is 47.9 Å². The van der Waals surface area contributed by atoms with Gasteiger partial charge in [0.15, 0.2) is 15.5 Å². The molecule has 0 aliphatic rings. The first-order valence-electron chi connectivity index (χ1n) is 9.96. The zero-order chi connectivity index (χ0) is 22.9. The molecule has 1 atom stereocenters. The van der Waals surface area contributed by atoms with Crippen LogP contribution in [0.3, 0.4) is 0 Å². The molecule has 0 spiro atoms. The van der Waals surface area contributed by atoms with Crippen molar-refractivity contribution in [2.75, 3.05) is 11.6 Å². The van der Waals surface area contributed by atoms with E-state index in [1.54, 1.807) is 24.3 Å². The fourth-order valence-corrected chi connectivity index (χ4v) is 4.17. The van der Waals surface area contributed by atoms with E-state index in [1.165, 1.54) is 6.26 Å². The number of carbonyl (C=O) groups is 1. The number of hydrogen-bond acceptors (Lipinski definition) is 6. The van der Waals surface area contributed by atoms with Gasteiger partial charge in [-0.15, -0.1) is 10.2 Å². The van der Waals surface area contributed by atoms with E-state index in [1.807, 2.05) is 55.5 Å². The number of primary amides is 1. The van der Waals surface area contributed by atoms with Gasteiger partial charge in [0.2, 0.25) is 0 Å². The molecule has 8 heteroatoms. The molecular formula is C24H22N4O3S. The van der Waals surface area contributed by atoms with Crippen LogP contribution in [0.25, 0.3) is 22.0 Å². The van der Waals surface area contributed by atoms with Gasteiger partial charge in [0, 0.05) is 17.7 Å². The maximum Gasteiger partial charge on any atom is 0.271 e. The molecule has 4 aromatic rings. The van der Waals surface area contributed by atoms with Gasteiger partial charge in [-0.3, -0.25) is 4.79 Å². The zero-order valence-electron chi connectivity index (χ0n) is 17.6. The molecule has 162 valence electrons. The van der Waals surface area contributed by atoms with Crippen molar-refractivity contribution in [3.63, 3.8) is 0 Å². The highest BCUT2D eigenvalue weighted by molar-refractivity contribution is 7.90. The fraction of sp³-hybridized carbons (Fsp3) is 0.125. The summed E-state index contributed by atoms with van der Waals surface area (Å²) in [6.07, 6.45) is 1.18. The average molecular weight is 447 g/mol. The van der Waals surface area contributed by atoms with Crippen LogP contribution in [-0.2, 0) is 9.84 Å². The Kier molecular flexibility index (Phi) is 5.63. The van der Waals surface area contributed by atoms with Gasteiger partial charge >= 0.3 is 0 Å². The number of fused-ring (bicyclic) bond motifs is 1. The molecule has 0 fully saturated rings. The third-order valence-electron chi connectivity index (χ3n) is 5.27. The van der Waals surface area contributed by atoms with Crippen LogP contribution in [-0.4, -0.2) is 30.8 Å². The Hall–Kier alpha value is -3.78. The van der Waals surface area contributed by atoms with Crippen LogP contribution in [0.5, 0.6) is 0 Å². The Morgan fingerprint density at radius 3 is 2.22 bits per heavy atom. The lowest BCUT2D eigenvalue weighted by molar-refractivity contribution is 0.0995. The highest BCUT2D eigenvalue weighted by Crippen LogP contribution is 2.31. The maximum atomic E-state index is 12.0. The molecule has 0 saturated heterocycles. The molecule has 1 heterocycles. The minimum atomic E-state index is -3.26. The van der Waals surface area contributed by atoms with Crippen molar-refractivity contribution in [1.82, 2.24) is 10.2 Å². The van der Waals surface area contributed by atoms with E-state index in [4.69, 9.17) is 5.73 Å². The molecule has 0 bridgehead atoms. The number of nitrogens with two attached hydrogens (primary N) is 1. The Balaban J connectivity index is 1.76. The minimum absolute atomic E-state index is 0.0746. The van der Waals surface area contributed by atoms with Crippen molar-refractivity contribution in [1.29, 1.82) is 0 Å². The number of nitrogens with zero attached hydrogens (tertiary/aromatic N) is 2. The summed E-state index contributed by atoms with van der Waals surface area (Å²) >= 11 is 0. The van der Waals surface area contributed by atoms with Crippen LogP contribution in [0.2, 0.25) is 0 Å². The summed E-state index contributed by atoms with van der Waals surface area (Å²) in [6.45, 7) is 1.99. The topological polar surface area (TPSA) is 115 Å². The predicted molar refractivity (Wildman–Crippen MR) is 125 cm³/mol. The van der Waals surface area contributed by atoms with Gasteiger partial charge in [-0.2, -0.15) is 0 Å². The minimum Gasteiger partial charge on any atom is -0.376 e. The highest BCUT2D eigenvalue weighted by Gasteiger charge is 2.18. The first-order chi connectivity index (χ1) is 15.2. The Bertz CT molecular complexity index is 1400. The SMILES string of the molecule is C[C@@H](Nc1c(C(N)=O)nnc2cc(-c3ccc(S(C)(=O)=O)cc3)ccc12)c1ccccc1. The molecular weight excluding hydrogens is 424 g/mol. The summed E-state index contributed by atoms with van der Waals surface area (Å²) in [5, 5.41) is 12.3. The van der Waals surface area contributed by atoms with Crippen LogP contribution >= 0.6 is 0 Å². The number of amides is 1. The molecule has 0 aliphatic carbocycles. The molecule has 0 saturated carbocycles. The van der Waals surface area contributed by atoms with E-state index in [9.17, 15) is 13.2 Å². The van der Waals surface area contributed by atoms with Gasteiger partial charge in [-0.1, -0.05) is 48.5 Å². The summed E-state index contributed by atoms with van der Waals surface area (Å²) in [6, 6.07) is 22.0. The largest absolute Gasteiger partial charge is 0.376 e. The van der Waals surface area contributed by atoms with Crippen LogP contribution < -0.4 is 11.1 Å². The van der Waals surface area contributed by atoms with E-state index in [-0.39, 0.29) is 16.6 Å². The molecule has 0 aliphatic heterocycles. The van der Waals surface area contributed by atoms with Crippen molar-refractivity contribution in [2.45, 2.75) is 17.9 Å². The van der Waals surface area contributed by atoms with E-state index in [0.29, 0.717) is 16.6 Å². The van der Waals surface area contributed by atoms with Crippen LogP contribution in [0.1, 0.15) is 29.0 Å². The lowest BCUT2D eigenvalue weighted by Crippen LogP contribution is -2.19. The number of benzene rings is 3. The maximum absolute atomic E-state index is 12.0. The molecule has 0 unspecified atom stereocenters. The number of anilines is 1. The van der Waals surface area contributed by atoms with Gasteiger partial charge in [0.25, 0.3) is 5.91 Å². The van der Waals surface area contributed by atoms with Crippen molar-refractivity contribution >= 4 is 32.3 Å². The number of nitrogens with one attached hydrogen (secondary N) is 1. The summed E-state index contributed by atoms with van der Waals surface area (Å²) in [5.41, 5.74) is 9.48. The van der Waals surface area contributed by atoms with Crippen molar-refractivity contribution in [2.24, 2.45) is 5.73 Å². The second-order valence-corrected chi connectivity index (χ2v) is 9.61. The van der Waals surface area contributed by atoms with E-state index >= 15 is 0 Å². The normalized spacial score (nSPS) is 12.4. The number of carbonyl (C=O) groups excluding carboxylic acids is 1. The molecule has 1 aromatic heterocycles. The van der Waals surface area contributed by atoms with Gasteiger partial charge in [-0.25, -0.2) is 8.42 Å². The monoisotopic (exact) mass is 446 g/mol. The van der Waals surface area contributed by atoms with Gasteiger partial charge < -0.3 is 11.1 Å². The molecule has 3 N–H and O–H groups in total. The molecule has 3 aromatic carbocycles. The molecule has 32 heavy (non-hydrogen) atoms. The number of hydrogen-bond donors (Lipinski definition) is 2. The number of aromatic nitrogens is 2. The number of rotatable bonds is 6.